The Morgan fingerprint density at radius 1 is 1.22 bits per heavy atom. The number of nitrogens with zero attached hydrogens (tertiary/aromatic N) is 6. The van der Waals surface area contributed by atoms with E-state index >= 15 is 0 Å². The molecule has 3 aromatic heterocycles. The minimum absolute atomic E-state index is 0.0598. The minimum Gasteiger partial charge on any atom is -0.338 e. The molecule has 0 unspecified atom stereocenters. The highest BCUT2D eigenvalue weighted by Gasteiger charge is 2.19. The zero-order valence-corrected chi connectivity index (χ0v) is 15.6. The summed E-state index contributed by atoms with van der Waals surface area (Å²) in [6.07, 6.45) is 4.97. The molecule has 138 valence electrons. The molecule has 0 N–H and O–H groups in total. The number of aromatic nitrogens is 6. The number of hydrogen-bond donors (Lipinski definition) is 0. The molecule has 0 radical (unpaired) electrons. The zero-order chi connectivity index (χ0) is 18.8. The van der Waals surface area contributed by atoms with Gasteiger partial charge in [-0.25, -0.2) is 19.0 Å². The Morgan fingerprint density at radius 2 is 2.04 bits per heavy atom. The van der Waals surface area contributed by atoms with Crippen molar-refractivity contribution >= 4 is 22.8 Å². The van der Waals surface area contributed by atoms with Crippen LogP contribution in [-0.2, 0) is 6.42 Å². The third-order valence-electron chi connectivity index (χ3n) is 3.99. The Balaban J connectivity index is 1.63. The van der Waals surface area contributed by atoms with Gasteiger partial charge in [0.2, 0.25) is 5.89 Å². The van der Waals surface area contributed by atoms with E-state index in [1.807, 2.05) is 6.92 Å². The molecule has 0 spiro atoms. The number of fused-ring (bicyclic) bond motifs is 1. The van der Waals surface area contributed by atoms with Crippen LogP contribution in [0.5, 0.6) is 0 Å². The topological polar surface area (TPSA) is 82.5 Å². The lowest BCUT2D eigenvalue weighted by atomic mass is 10.3. The van der Waals surface area contributed by atoms with Gasteiger partial charge >= 0.3 is 0 Å². The highest BCUT2D eigenvalue weighted by atomic mass is 32.2. The fourth-order valence-electron chi connectivity index (χ4n) is 2.66. The van der Waals surface area contributed by atoms with Crippen LogP contribution in [-0.4, -0.2) is 29.9 Å². The quantitative estimate of drug-likeness (QED) is 0.365. The van der Waals surface area contributed by atoms with E-state index < -0.39 is 0 Å². The molecule has 0 amide bonds. The van der Waals surface area contributed by atoms with Crippen LogP contribution >= 0.6 is 11.8 Å². The first kappa shape index (κ1) is 17.6. The summed E-state index contributed by atoms with van der Waals surface area (Å²) in [6, 6.07) is 6.11. The van der Waals surface area contributed by atoms with Crippen LogP contribution in [0.2, 0.25) is 0 Å². The summed E-state index contributed by atoms with van der Waals surface area (Å²) < 4.78 is 20.2. The molecule has 7 nitrogen and oxygen atoms in total. The Bertz CT molecular complexity index is 1060. The Labute approximate surface area is 159 Å². The fourth-order valence-corrected chi connectivity index (χ4v) is 3.57. The van der Waals surface area contributed by atoms with Gasteiger partial charge in [0.05, 0.1) is 22.5 Å². The summed E-state index contributed by atoms with van der Waals surface area (Å²) in [5.41, 5.74) is 1.39. The van der Waals surface area contributed by atoms with Crippen LogP contribution in [0.25, 0.3) is 16.7 Å². The third-order valence-corrected chi connectivity index (χ3v) is 5.10. The van der Waals surface area contributed by atoms with Crippen LogP contribution in [0.4, 0.5) is 4.39 Å². The summed E-state index contributed by atoms with van der Waals surface area (Å²) in [5, 5.41) is 9.92. The number of hydrogen-bond acceptors (Lipinski definition) is 7. The van der Waals surface area contributed by atoms with Crippen LogP contribution in [0.1, 0.15) is 37.2 Å². The molecule has 4 aromatic rings. The highest BCUT2D eigenvalue weighted by molar-refractivity contribution is 7.99. The van der Waals surface area contributed by atoms with Crippen LogP contribution in [0.15, 0.2) is 46.3 Å². The van der Waals surface area contributed by atoms with Crippen molar-refractivity contribution in [1.82, 2.24) is 29.9 Å². The lowest BCUT2D eigenvalue weighted by Gasteiger charge is -2.07. The normalized spacial score (nSPS) is 12.6. The summed E-state index contributed by atoms with van der Waals surface area (Å²) in [4.78, 5) is 13.2. The molecule has 0 bridgehead atoms. The van der Waals surface area contributed by atoms with Crippen molar-refractivity contribution in [2.75, 3.05) is 0 Å². The van der Waals surface area contributed by atoms with Crippen molar-refractivity contribution in [3.05, 3.63) is 54.3 Å². The number of aryl methyl sites for hydroxylation is 1. The number of halogens is 1. The largest absolute Gasteiger partial charge is 0.338 e. The van der Waals surface area contributed by atoms with E-state index in [-0.39, 0.29) is 11.1 Å². The summed E-state index contributed by atoms with van der Waals surface area (Å²) >= 11 is 1.51. The molecule has 0 saturated heterocycles. The number of rotatable bonds is 6. The second-order valence-electron chi connectivity index (χ2n) is 6.01. The van der Waals surface area contributed by atoms with Crippen molar-refractivity contribution in [1.29, 1.82) is 0 Å². The van der Waals surface area contributed by atoms with Gasteiger partial charge in [0.1, 0.15) is 17.2 Å². The van der Waals surface area contributed by atoms with E-state index in [1.54, 1.807) is 23.0 Å². The first-order valence-electron chi connectivity index (χ1n) is 8.59. The van der Waals surface area contributed by atoms with Crippen LogP contribution in [0.3, 0.4) is 0 Å². The predicted molar refractivity (Wildman–Crippen MR) is 99.2 cm³/mol. The molecule has 0 aliphatic rings. The van der Waals surface area contributed by atoms with Crippen molar-refractivity contribution in [3.63, 3.8) is 0 Å². The maximum Gasteiger partial charge on any atom is 0.239 e. The zero-order valence-electron chi connectivity index (χ0n) is 14.8. The van der Waals surface area contributed by atoms with E-state index in [1.165, 1.54) is 30.2 Å². The average Bonchev–Trinajstić information content (AvgIpc) is 3.31. The third kappa shape index (κ3) is 3.55. The monoisotopic (exact) mass is 384 g/mol. The second kappa shape index (κ2) is 7.43. The molecule has 0 aliphatic carbocycles. The molecule has 0 saturated carbocycles. The smallest absolute Gasteiger partial charge is 0.239 e. The Kier molecular flexibility index (Phi) is 4.85. The molecule has 27 heavy (non-hydrogen) atoms. The predicted octanol–water partition coefficient (Wildman–Crippen LogP) is 4.14. The average molecular weight is 384 g/mol. The van der Waals surface area contributed by atoms with Gasteiger partial charge < -0.3 is 4.52 Å². The van der Waals surface area contributed by atoms with E-state index in [0.29, 0.717) is 11.5 Å². The summed E-state index contributed by atoms with van der Waals surface area (Å²) in [7, 11) is 0. The van der Waals surface area contributed by atoms with Gasteiger partial charge in [-0.3, -0.25) is 0 Å². The van der Waals surface area contributed by atoms with Crippen molar-refractivity contribution in [2.45, 2.75) is 37.0 Å². The highest BCUT2D eigenvalue weighted by Crippen LogP contribution is 2.36. The van der Waals surface area contributed by atoms with Crippen molar-refractivity contribution in [2.24, 2.45) is 0 Å². The van der Waals surface area contributed by atoms with Gasteiger partial charge in [-0.2, -0.15) is 10.1 Å². The molecule has 0 aliphatic heterocycles. The Morgan fingerprint density at radius 3 is 2.81 bits per heavy atom. The van der Waals surface area contributed by atoms with Gasteiger partial charge in [-0.1, -0.05) is 23.8 Å². The van der Waals surface area contributed by atoms with Gasteiger partial charge in [0.25, 0.3) is 0 Å². The van der Waals surface area contributed by atoms with Gasteiger partial charge in [0, 0.05) is 6.42 Å². The lowest BCUT2D eigenvalue weighted by Crippen LogP contribution is -1.98. The molecule has 3 heterocycles. The second-order valence-corrected chi connectivity index (χ2v) is 7.34. The van der Waals surface area contributed by atoms with E-state index in [0.717, 1.165) is 34.8 Å². The van der Waals surface area contributed by atoms with Gasteiger partial charge in [-0.05, 0) is 37.6 Å². The maximum atomic E-state index is 13.2. The summed E-state index contributed by atoms with van der Waals surface area (Å²) in [6.45, 7) is 4.07. The number of benzene rings is 1. The van der Waals surface area contributed by atoms with E-state index in [2.05, 4.69) is 32.1 Å². The molecule has 9 heteroatoms. The SMILES string of the molecule is CCCc1noc([C@@H](C)Sc2ncnc3c2cnn3-c2ccc(F)cc2)n1. The Hall–Kier alpha value is -2.81. The van der Waals surface area contributed by atoms with E-state index in [9.17, 15) is 4.39 Å². The van der Waals surface area contributed by atoms with Crippen molar-refractivity contribution < 1.29 is 8.91 Å². The van der Waals surface area contributed by atoms with Gasteiger partial charge in [0.15, 0.2) is 11.5 Å². The van der Waals surface area contributed by atoms with Crippen LogP contribution < -0.4 is 0 Å². The molecular weight excluding hydrogens is 367 g/mol. The molecule has 0 fully saturated rings. The molecule has 1 aromatic carbocycles. The van der Waals surface area contributed by atoms with Gasteiger partial charge in [-0.15, -0.1) is 0 Å². The van der Waals surface area contributed by atoms with Crippen LogP contribution in [0, 0.1) is 5.82 Å². The first-order chi connectivity index (χ1) is 13.2. The standard InChI is InChI=1S/C18H17FN6OS/c1-3-4-15-23-17(26-24-15)11(2)27-18-14-9-22-25(16(14)20-10-21-18)13-7-5-12(19)6-8-13/h5-11H,3-4H2,1-2H3/t11-/m1/s1. The van der Waals surface area contributed by atoms with Crippen molar-refractivity contribution in [3.8, 4) is 5.69 Å². The lowest BCUT2D eigenvalue weighted by molar-refractivity contribution is 0.374. The number of thioether (sulfide) groups is 1. The maximum absolute atomic E-state index is 13.2. The summed E-state index contributed by atoms with van der Waals surface area (Å²) in [5.74, 6) is 0.995. The first-order valence-corrected chi connectivity index (χ1v) is 9.47. The molecule has 4 rings (SSSR count). The molecule has 1 atom stereocenters. The molecular formula is C18H17FN6OS. The minimum atomic E-state index is -0.295. The van der Waals surface area contributed by atoms with E-state index in [4.69, 9.17) is 4.52 Å². The fraction of sp³-hybridized carbons (Fsp3) is 0.278.